The minimum absolute atomic E-state index is 0.0179. The van der Waals surface area contributed by atoms with E-state index in [-0.39, 0.29) is 29.0 Å². The van der Waals surface area contributed by atoms with Gasteiger partial charge in [0.05, 0.1) is 45.7 Å². The minimum atomic E-state index is -4.87. The average molecular weight is 579 g/mol. The number of ether oxygens (including phenoxy) is 4. The molecule has 16 heteroatoms. The van der Waals surface area contributed by atoms with Crippen LogP contribution in [0.1, 0.15) is 25.5 Å². The van der Waals surface area contributed by atoms with Crippen molar-refractivity contribution < 1.29 is 47.0 Å². The first-order valence-corrected chi connectivity index (χ1v) is 13.2. The lowest BCUT2D eigenvalue weighted by atomic mass is 9.86. The topological polar surface area (TPSA) is 183 Å². The third-order valence-electron chi connectivity index (χ3n) is 5.81. The predicted molar refractivity (Wildman–Crippen MR) is 139 cm³/mol. The number of nitrogens with one attached hydrogen (secondary N) is 2. The summed E-state index contributed by atoms with van der Waals surface area (Å²) in [5.74, 6) is -1.26. The van der Waals surface area contributed by atoms with Crippen molar-refractivity contribution in [1.82, 2.24) is 15.0 Å². The molecule has 1 unspecified atom stereocenters. The van der Waals surface area contributed by atoms with Crippen LogP contribution in [0.25, 0.3) is 0 Å². The lowest BCUT2D eigenvalue weighted by Crippen LogP contribution is -2.46. The van der Waals surface area contributed by atoms with Crippen LogP contribution < -0.4 is 29.6 Å². The van der Waals surface area contributed by atoms with Crippen molar-refractivity contribution in [3.63, 3.8) is 0 Å². The molecule has 0 fully saturated rings. The summed E-state index contributed by atoms with van der Waals surface area (Å²) in [5, 5.41) is 5.67. The number of hydrogen-bond acceptors (Lipinski definition) is 12. The zero-order valence-electron chi connectivity index (χ0n) is 22.1. The lowest BCUT2D eigenvalue weighted by molar-refractivity contribution is -0.136. The normalized spacial score (nSPS) is 16.0. The number of phosphoric ester groups is 1. The van der Waals surface area contributed by atoms with Crippen LogP contribution in [-0.2, 0) is 13.9 Å². The Kier molecular flexibility index (Phi) is 8.12. The van der Waals surface area contributed by atoms with Crippen molar-refractivity contribution in [2.75, 3.05) is 38.6 Å². The number of hydrogen-bond donors (Lipinski definition) is 4. The molecule has 1 atom stereocenters. The molecule has 1 aliphatic rings. The number of rotatable bonds is 10. The van der Waals surface area contributed by atoms with E-state index in [0.29, 0.717) is 22.9 Å². The van der Waals surface area contributed by atoms with Gasteiger partial charge in [0.2, 0.25) is 11.7 Å². The number of halogens is 1. The van der Waals surface area contributed by atoms with Gasteiger partial charge < -0.3 is 39.4 Å². The summed E-state index contributed by atoms with van der Waals surface area (Å²) in [6.07, 6.45) is 0.944. The van der Waals surface area contributed by atoms with Gasteiger partial charge in [0, 0.05) is 17.8 Å². The first-order valence-electron chi connectivity index (χ1n) is 11.7. The fraction of sp³-hybridized carbons (Fsp3) is 0.333. The quantitative estimate of drug-likeness (QED) is 0.256. The van der Waals surface area contributed by atoms with Gasteiger partial charge in [-0.1, -0.05) is 0 Å². The van der Waals surface area contributed by atoms with Gasteiger partial charge in [-0.05, 0) is 26.0 Å². The molecule has 3 aromatic rings. The van der Waals surface area contributed by atoms with Gasteiger partial charge in [-0.2, -0.15) is 4.98 Å². The molecule has 4 N–H and O–H groups in total. The third-order valence-corrected chi connectivity index (χ3v) is 6.30. The fourth-order valence-corrected chi connectivity index (χ4v) is 4.32. The van der Waals surface area contributed by atoms with E-state index in [1.54, 1.807) is 12.1 Å². The number of phosphoric acid groups is 1. The number of benzene rings is 1. The van der Waals surface area contributed by atoms with Gasteiger partial charge in [0.15, 0.2) is 34.5 Å². The highest BCUT2D eigenvalue weighted by molar-refractivity contribution is 7.46. The average Bonchev–Trinajstić information content (AvgIpc) is 2.89. The molecule has 0 saturated heterocycles. The molecule has 0 spiro atoms. The number of methoxy groups -OCH3 is 3. The zero-order chi connectivity index (χ0) is 29.2. The molecule has 214 valence electrons. The maximum absolute atomic E-state index is 14.7. The Labute approximate surface area is 228 Å². The zero-order valence-corrected chi connectivity index (χ0v) is 23.0. The standard InChI is InChI=1S/C24H27FN5O9P/c1-24(2)21(31)13(11-38-40(32,33)34)19-15(39-24)6-7-18(28-19)29-22-14(25)10-26-23(30-22)27-12-8-16(35-3)20(37-5)17(9-12)36-4/h6-10,13H,11H2,1-5H3,(H2,32,33,34)(H2,26,27,28,29,30). The van der Waals surface area contributed by atoms with Crippen LogP contribution >= 0.6 is 7.82 Å². The molecular formula is C24H27FN5O9P. The van der Waals surface area contributed by atoms with Gasteiger partial charge in [-0.15, -0.1) is 0 Å². The first-order chi connectivity index (χ1) is 18.8. The summed E-state index contributed by atoms with van der Waals surface area (Å²) in [6, 6.07) is 6.20. The monoisotopic (exact) mass is 579 g/mol. The molecule has 0 radical (unpaired) electrons. The van der Waals surface area contributed by atoms with Crippen molar-refractivity contribution >= 4 is 36.9 Å². The fourth-order valence-electron chi connectivity index (χ4n) is 3.98. The largest absolute Gasteiger partial charge is 0.493 e. The van der Waals surface area contributed by atoms with Crippen molar-refractivity contribution in [1.29, 1.82) is 0 Å². The highest BCUT2D eigenvalue weighted by atomic mass is 31.2. The Bertz CT molecular complexity index is 1460. The molecule has 40 heavy (non-hydrogen) atoms. The van der Waals surface area contributed by atoms with E-state index in [9.17, 15) is 13.8 Å². The van der Waals surface area contributed by atoms with Gasteiger partial charge in [0.25, 0.3) is 0 Å². The number of carbonyl (C=O) groups is 1. The first kappa shape index (κ1) is 29.0. The van der Waals surface area contributed by atoms with E-state index >= 15 is 0 Å². The van der Waals surface area contributed by atoms with Crippen molar-refractivity contribution in [2.45, 2.75) is 25.4 Å². The van der Waals surface area contributed by atoms with Gasteiger partial charge in [0.1, 0.15) is 11.6 Å². The SMILES string of the molecule is COc1cc(Nc2ncc(F)c(Nc3ccc4c(n3)C(COP(=O)(O)O)C(=O)C(C)(C)O4)n2)cc(OC)c1OC. The number of Topliss-reactive ketones (excluding diaryl/α,β-unsaturated/α-hetero) is 1. The van der Waals surface area contributed by atoms with Gasteiger partial charge in [-0.3, -0.25) is 9.32 Å². The Hall–Kier alpha value is -4.04. The van der Waals surface area contributed by atoms with Crippen LogP contribution in [0.2, 0.25) is 0 Å². The van der Waals surface area contributed by atoms with E-state index in [4.69, 9.17) is 28.7 Å². The second kappa shape index (κ2) is 11.2. The van der Waals surface area contributed by atoms with E-state index in [1.165, 1.54) is 47.3 Å². The number of ketones is 1. The summed E-state index contributed by atoms with van der Waals surface area (Å²) in [4.78, 5) is 43.7. The maximum Gasteiger partial charge on any atom is 0.469 e. The van der Waals surface area contributed by atoms with E-state index in [1.807, 2.05) is 0 Å². The number of aromatic nitrogens is 3. The second-order valence-electron chi connectivity index (χ2n) is 8.95. The summed E-state index contributed by atoms with van der Waals surface area (Å²) < 4.78 is 52.3. The van der Waals surface area contributed by atoms with Gasteiger partial charge >= 0.3 is 7.82 Å². The number of carbonyl (C=O) groups excluding carboxylic acids is 1. The predicted octanol–water partition coefficient (Wildman–Crippen LogP) is 3.46. The van der Waals surface area contributed by atoms with Crippen LogP contribution in [0.15, 0.2) is 30.5 Å². The van der Waals surface area contributed by atoms with E-state index < -0.39 is 37.5 Å². The van der Waals surface area contributed by atoms with Crippen molar-refractivity contribution in [2.24, 2.45) is 0 Å². The lowest BCUT2D eigenvalue weighted by Gasteiger charge is -2.35. The highest BCUT2D eigenvalue weighted by Crippen LogP contribution is 2.43. The van der Waals surface area contributed by atoms with E-state index in [2.05, 4.69) is 30.1 Å². The number of nitrogens with zero attached hydrogens (tertiary/aromatic N) is 3. The molecule has 4 rings (SSSR count). The van der Waals surface area contributed by atoms with E-state index in [0.717, 1.165) is 6.20 Å². The Morgan fingerprint density at radius 2 is 1.75 bits per heavy atom. The molecule has 0 amide bonds. The second-order valence-corrected chi connectivity index (χ2v) is 10.2. The molecule has 1 aliphatic heterocycles. The molecular weight excluding hydrogens is 552 g/mol. The van der Waals surface area contributed by atoms with Crippen molar-refractivity contribution in [3.05, 3.63) is 42.0 Å². The molecule has 0 aliphatic carbocycles. The molecule has 2 aromatic heterocycles. The van der Waals surface area contributed by atoms with Crippen molar-refractivity contribution in [3.8, 4) is 23.0 Å². The Morgan fingerprint density at radius 3 is 2.35 bits per heavy atom. The van der Waals surface area contributed by atoms with Crippen LogP contribution in [0.4, 0.5) is 27.7 Å². The third kappa shape index (κ3) is 6.23. The molecule has 14 nitrogen and oxygen atoms in total. The molecule has 3 heterocycles. The number of anilines is 4. The molecule has 0 bridgehead atoms. The summed E-state index contributed by atoms with van der Waals surface area (Å²) >= 11 is 0. The summed E-state index contributed by atoms with van der Waals surface area (Å²) in [5.41, 5.74) is -0.767. The smallest absolute Gasteiger partial charge is 0.469 e. The maximum atomic E-state index is 14.7. The summed E-state index contributed by atoms with van der Waals surface area (Å²) in [6.45, 7) is 2.41. The van der Waals surface area contributed by atoms with Crippen LogP contribution in [-0.4, -0.2) is 64.1 Å². The Balaban J connectivity index is 1.62. The molecule has 0 saturated carbocycles. The Morgan fingerprint density at radius 1 is 1.07 bits per heavy atom. The van der Waals surface area contributed by atoms with Crippen LogP contribution in [0.5, 0.6) is 23.0 Å². The summed E-state index contributed by atoms with van der Waals surface area (Å²) in [7, 11) is -0.469. The number of pyridine rings is 1. The highest BCUT2D eigenvalue weighted by Gasteiger charge is 2.44. The van der Waals surface area contributed by atoms with Crippen LogP contribution in [0, 0.1) is 5.82 Å². The molecule has 1 aromatic carbocycles. The minimum Gasteiger partial charge on any atom is -0.493 e. The van der Waals surface area contributed by atoms with Gasteiger partial charge in [-0.25, -0.2) is 18.9 Å². The van der Waals surface area contributed by atoms with Crippen LogP contribution in [0.3, 0.4) is 0 Å². The number of fused-ring (bicyclic) bond motifs is 1.